The van der Waals surface area contributed by atoms with E-state index in [-0.39, 0.29) is 6.10 Å². The first kappa shape index (κ1) is 21.8. The van der Waals surface area contributed by atoms with Crippen molar-refractivity contribution in [2.75, 3.05) is 48.3 Å². The highest BCUT2D eigenvalue weighted by molar-refractivity contribution is 7.21. The molecule has 36 heavy (non-hydrogen) atoms. The molecule has 0 aromatic carbocycles. The Balaban J connectivity index is 1.11. The van der Waals surface area contributed by atoms with Gasteiger partial charge in [-0.2, -0.15) is 4.98 Å². The van der Waals surface area contributed by atoms with Crippen molar-refractivity contribution in [3.63, 3.8) is 0 Å². The molecule has 11 heteroatoms. The summed E-state index contributed by atoms with van der Waals surface area (Å²) in [5.41, 5.74) is 1.90. The van der Waals surface area contributed by atoms with Gasteiger partial charge in [0.15, 0.2) is 0 Å². The molecule has 7 heterocycles. The summed E-state index contributed by atoms with van der Waals surface area (Å²) in [6.45, 7) is 3.48. The number of hydrogen-bond donors (Lipinski definition) is 2. The molecule has 0 unspecified atom stereocenters. The Morgan fingerprint density at radius 3 is 2.72 bits per heavy atom. The highest BCUT2D eigenvalue weighted by Gasteiger charge is 2.42. The molecule has 4 aromatic rings. The summed E-state index contributed by atoms with van der Waals surface area (Å²) in [4.78, 5) is 30.2. The van der Waals surface area contributed by atoms with Crippen molar-refractivity contribution in [1.82, 2.24) is 29.8 Å². The number of likely N-dealkylation sites (N-methyl/N-ethyl adjacent to an activating group) is 1. The molecule has 0 radical (unpaired) electrons. The SMILES string of the molecule is CN1C[C@@H]2C[C@H]1CN2c1nccc(Nc2cc3nc(-c4ccnc(N5CC[C@@H](O)C5)c4)sc3cn2)n1. The molecule has 2 N–H and O–H groups in total. The zero-order valence-electron chi connectivity index (χ0n) is 19.9. The average molecular weight is 502 g/mol. The predicted octanol–water partition coefficient (Wildman–Crippen LogP) is 2.75. The summed E-state index contributed by atoms with van der Waals surface area (Å²) >= 11 is 1.61. The van der Waals surface area contributed by atoms with Gasteiger partial charge in [0.05, 0.1) is 16.3 Å². The molecule has 3 fully saturated rings. The first-order valence-corrected chi connectivity index (χ1v) is 13.1. The lowest BCUT2D eigenvalue weighted by Crippen LogP contribution is -2.45. The Labute approximate surface area is 212 Å². The number of thiazole rings is 1. The molecule has 7 rings (SSSR count). The number of nitrogens with zero attached hydrogens (tertiary/aromatic N) is 8. The van der Waals surface area contributed by atoms with E-state index in [9.17, 15) is 5.11 Å². The number of fused-ring (bicyclic) bond motifs is 3. The highest BCUT2D eigenvalue weighted by atomic mass is 32.1. The maximum absolute atomic E-state index is 9.87. The van der Waals surface area contributed by atoms with E-state index in [1.807, 2.05) is 36.7 Å². The lowest BCUT2D eigenvalue weighted by Gasteiger charge is -2.31. The Hall–Kier alpha value is -3.41. The first-order valence-electron chi connectivity index (χ1n) is 12.3. The zero-order valence-corrected chi connectivity index (χ0v) is 20.8. The van der Waals surface area contributed by atoms with E-state index in [0.29, 0.717) is 24.4 Å². The Bertz CT molecular complexity index is 1430. The van der Waals surface area contributed by atoms with Crippen LogP contribution in [0.3, 0.4) is 0 Å². The summed E-state index contributed by atoms with van der Waals surface area (Å²) in [5.74, 6) is 3.08. The van der Waals surface area contributed by atoms with Crippen molar-refractivity contribution in [3.05, 3.63) is 42.9 Å². The van der Waals surface area contributed by atoms with Crippen LogP contribution in [0.1, 0.15) is 12.8 Å². The molecule has 0 saturated carbocycles. The largest absolute Gasteiger partial charge is 0.391 e. The lowest BCUT2D eigenvalue weighted by atomic mass is 10.2. The predicted molar refractivity (Wildman–Crippen MR) is 141 cm³/mol. The van der Waals surface area contributed by atoms with Crippen molar-refractivity contribution in [2.45, 2.75) is 31.0 Å². The van der Waals surface area contributed by atoms with Crippen molar-refractivity contribution < 1.29 is 5.11 Å². The fourth-order valence-corrected chi connectivity index (χ4v) is 6.41. The smallest absolute Gasteiger partial charge is 0.227 e. The zero-order chi connectivity index (χ0) is 24.2. The number of pyridine rings is 2. The molecule has 0 aliphatic carbocycles. The minimum Gasteiger partial charge on any atom is -0.391 e. The third-order valence-electron chi connectivity index (χ3n) is 7.43. The van der Waals surface area contributed by atoms with Crippen molar-refractivity contribution in [1.29, 1.82) is 0 Å². The van der Waals surface area contributed by atoms with Gasteiger partial charge >= 0.3 is 0 Å². The van der Waals surface area contributed by atoms with E-state index in [1.165, 1.54) is 6.42 Å². The van der Waals surface area contributed by atoms with Gasteiger partial charge in [0.2, 0.25) is 5.95 Å². The molecule has 2 bridgehead atoms. The van der Waals surface area contributed by atoms with Crippen LogP contribution in [-0.4, -0.2) is 86.3 Å². The van der Waals surface area contributed by atoms with Crippen LogP contribution < -0.4 is 15.1 Å². The molecule has 3 aliphatic heterocycles. The summed E-state index contributed by atoms with van der Waals surface area (Å²) in [5, 5.41) is 14.1. The normalized spacial score (nSPS) is 23.8. The molecule has 184 valence electrons. The van der Waals surface area contributed by atoms with Gasteiger partial charge in [0.25, 0.3) is 0 Å². The molecule has 3 aliphatic rings. The number of aromatic nitrogens is 5. The van der Waals surface area contributed by atoms with E-state index >= 15 is 0 Å². The molecule has 3 saturated heterocycles. The van der Waals surface area contributed by atoms with E-state index in [0.717, 1.165) is 64.4 Å². The maximum Gasteiger partial charge on any atom is 0.227 e. The number of piperazine rings is 1. The van der Waals surface area contributed by atoms with Crippen LogP contribution in [0.25, 0.3) is 20.8 Å². The van der Waals surface area contributed by atoms with Gasteiger partial charge in [-0.3, -0.25) is 4.90 Å². The van der Waals surface area contributed by atoms with Gasteiger partial charge in [-0.15, -0.1) is 11.3 Å². The number of nitrogens with one attached hydrogen (secondary N) is 1. The molecular weight excluding hydrogens is 474 g/mol. The minimum atomic E-state index is -0.284. The Morgan fingerprint density at radius 2 is 1.92 bits per heavy atom. The quantitative estimate of drug-likeness (QED) is 0.424. The maximum atomic E-state index is 9.87. The number of aliphatic hydroxyl groups is 1. The number of likely N-dealkylation sites (tertiary alicyclic amines) is 1. The molecule has 10 nitrogen and oxygen atoms in total. The second kappa shape index (κ2) is 8.61. The summed E-state index contributed by atoms with van der Waals surface area (Å²) < 4.78 is 1.02. The van der Waals surface area contributed by atoms with Crippen molar-refractivity contribution in [2.24, 2.45) is 0 Å². The second-order valence-electron chi connectivity index (χ2n) is 9.85. The average Bonchev–Trinajstić information content (AvgIpc) is 3.67. The summed E-state index contributed by atoms with van der Waals surface area (Å²) in [7, 11) is 2.19. The van der Waals surface area contributed by atoms with E-state index in [4.69, 9.17) is 9.97 Å². The molecule has 0 spiro atoms. The van der Waals surface area contributed by atoms with Crippen LogP contribution in [0.15, 0.2) is 42.9 Å². The standard InChI is InChI=1S/C25H27N9OS/c1-32-12-17-9-16(32)13-34(17)25-27-6-3-21(31-25)30-22-10-19-20(11-28-22)36-24(29-19)15-2-5-26-23(8-15)33-7-4-18(35)14-33/h2-3,5-6,8,10-11,16-18,35H,4,7,9,12-14H2,1H3,(H,27,28,30,31)/t16-,17-,18+/m0/s1. The van der Waals surface area contributed by atoms with Crippen LogP contribution >= 0.6 is 11.3 Å². The third kappa shape index (κ3) is 3.93. The number of β-amino-alcohol motifs (C(OH)–C–C–N with tert-alkyl or cyclic N) is 1. The van der Waals surface area contributed by atoms with Crippen molar-refractivity contribution >= 4 is 45.0 Å². The van der Waals surface area contributed by atoms with E-state index in [2.05, 4.69) is 42.0 Å². The lowest BCUT2D eigenvalue weighted by molar-refractivity contribution is 0.198. The van der Waals surface area contributed by atoms with Crippen LogP contribution in [0.4, 0.5) is 23.4 Å². The topological polar surface area (TPSA) is 106 Å². The first-order chi connectivity index (χ1) is 17.6. The van der Waals surface area contributed by atoms with Gasteiger partial charge in [-0.25, -0.2) is 19.9 Å². The van der Waals surface area contributed by atoms with Crippen LogP contribution in [0.5, 0.6) is 0 Å². The number of hydrogen-bond acceptors (Lipinski definition) is 11. The minimum absolute atomic E-state index is 0.284. The molecule has 3 atom stereocenters. The molecule has 4 aromatic heterocycles. The number of rotatable bonds is 5. The molecule has 0 amide bonds. The van der Waals surface area contributed by atoms with E-state index < -0.39 is 0 Å². The highest BCUT2D eigenvalue weighted by Crippen LogP contribution is 2.34. The van der Waals surface area contributed by atoms with Gasteiger partial charge < -0.3 is 20.2 Å². The fourth-order valence-electron chi connectivity index (χ4n) is 5.50. The van der Waals surface area contributed by atoms with Gasteiger partial charge in [0, 0.05) is 68.5 Å². The van der Waals surface area contributed by atoms with Gasteiger partial charge in [-0.1, -0.05) is 0 Å². The number of anilines is 4. The van der Waals surface area contributed by atoms with Crippen LogP contribution in [-0.2, 0) is 0 Å². The Kier molecular flexibility index (Phi) is 5.22. The van der Waals surface area contributed by atoms with Crippen LogP contribution in [0, 0.1) is 0 Å². The van der Waals surface area contributed by atoms with Gasteiger partial charge in [-0.05, 0) is 38.1 Å². The Morgan fingerprint density at radius 1 is 1.00 bits per heavy atom. The summed E-state index contributed by atoms with van der Waals surface area (Å²) in [6.07, 6.45) is 7.14. The fraction of sp³-hybridized carbons (Fsp3) is 0.400. The summed E-state index contributed by atoms with van der Waals surface area (Å²) in [6, 6.07) is 8.94. The van der Waals surface area contributed by atoms with Gasteiger partial charge in [0.1, 0.15) is 22.5 Å². The molecular formula is C25H27N9OS. The third-order valence-corrected chi connectivity index (χ3v) is 8.48. The number of aliphatic hydroxyl groups excluding tert-OH is 1. The van der Waals surface area contributed by atoms with Crippen LogP contribution in [0.2, 0.25) is 0 Å². The van der Waals surface area contributed by atoms with E-state index in [1.54, 1.807) is 17.5 Å². The monoisotopic (exact) mass is 501 g/mol. The van der Waals surface area contributed by atoms with Crippen molar-refractivity contribution in [3.8, 4) is 10.6 Å². The second-order valence-corrected chi connectivity index (χ2v) is 10.9.